The lowest BCUT2D eigenvalue weighted by Gasteiger charge is -2.31. The van der Waals surface area contributed by atoms with E-state index in [2.05, 4.69) is 31.0 Å². The molecule has 0 saturated carbocycles. The number of hydrogen-bond acceptors (Lipinski definition) is 2. The molecule has 0 radical (unpaired) electrons. The average Bonchev–Trinajstić information content (AvgIpc) is 2.53. The van der Waals surface area contributed by atoms with Crippen LogP contribution in [0, 0.1) is 19.8 Å². The van der Waals surface area contributed by atoms with E-state index in [1.165, 1.54) is 12.0 Å². The smallest absolute Gasteiger partial charge is 0.251 e. The molecule has 1 aromatic carbocycles. The van der Waals surface area contributed by atoms with Gasteiger partial charge >= 0.3 is 0 Å². The molecule has 1 saturated heterocycles. The van der Waals surface area contributed by atoms with E-state index in [0.29, 0.717) is 24.3 Å². The van der Waals surface area contributed by atoms with Crippen molar-refractivity contribution in [2.24, 2.45) is 5.92 Å². The number of aryl methyl sites for hydroxylation is 3. The lowest BCUT2D eigenvalue weighted by molar-refractivity contribution is -0.132. The maximum Gasteiger partial charge on any atom is 0.251 e. The van der Waals surface area contributed by atoms with Crippen LogP contribution in [0.1, 0.15) is 42.9 Å². The molecule has 1 aromatic heterocycles. The molecule has 0 bridgehead atoms. The van der Waals surface area contributed by atoms with Crippen molar-refractivity contribution >= 4 is 16.8 Å². The molecule has 4 heteroatoms. The molecule has 4 nitrogen and oxygen atoms in total. The van der Waals surface area contributed by atoms with Gasteiger partial charge in [0.2, 0.25) is 5.91 Å². The van der Waals surface area contributed by atoms with Crippen LogP contribution in [0.4, 0.5) is 0 Å². The molecule has 24 heavy (non-hydrogen) atoms. The molecule has 0 spiro atoms. The molecule has 2 aromatic rings. The zero-order valence-electron chi connectivity index (χ0n) is 14.8. The highest BCUT2D eigenvalue weighted by Gasteiger charge is 2.20. The highest BCUT2D eigenvalue weighted by molar-refractivity contribution is 5.83. The quantitative estimate of drug-likeness (QED) is 0.940. The number of amides is 1. The summed E-state index contributed by atoms with van der Waals surface area (Å²) in [4.78, 5) is 29.7. The predicted molar refractivity (Wildman–Crippen MR) is 97.3 cm³/mol. The minimum atomic E-state index is -0.0748. The molecule has 1 aliphatic rings. The van der Waals surface area contributed by atoms with Crippen LogP contribution in [0.3, 0.4) is 0 Å². The second kappa shape index (κ2) is 6.80. The van der Waals surface area contributed by atoms with Gasteiger partial charge in [0.1, 0.15) is 0 Å². The standard InChI is InChI=1S/C20H26N2O2/c1-13-5-4-8-22(12-13)18(23)7-6-16-11-17-10-14(2)9-15(3)19(17)21-20(16)24/h9-11,13H,4-8,12H2,1-3H3,(H,21,24). The van der Waals surface area contributed by atoms with Crippen molar-refractivity contribution in [2.45, 2.75) is 46.5 Å². The largest absolute Gasteiger partial charge is 0.342 e. The fourth-order valence-electron chi connectivity index (χ4n) is 3.73. The molecule has 1 aliphatic heterocycles. The van der Waals surface area contributed by atoms with Crippen LogP contribution < -0.4 is 5.56 Å². The number of aromatic nitrogens is 1. The second-order valence-corrected chi connectivity index (χ2v) is 7.26. The number of rotatable bonds is 3. The Morgan fingerprint density at radius 1 is 1.29 bits per heavy atom. The Balaban J connectivity index is 1.76. The summed E-state index contributed by atoms with van der Waals surface area (Å²) in [7, 11) is 0. The average molecular weight is 326 g/mol. The number of benzene rings is 1. The Morgan fingerprint density at radius 2 is 2.08 bits per heavy atom. The van der Waals surface area contributed by atoms with E-state index in [9.17, 15) is 9.59 Å². The van der Waals surface area contributed by atoms with E-state index in [1.807, 2.05) is 17.9 Å². The normalized spacial score (nSPS) is 18.1. The number of pyridine rings is 1. The number of H-pyrrole nitrogens is 1. The van der Waals surface area contributed by atoms with Crippen LogP contribution in [-0.2, 0) is 11.2 Å². The van der Waals surface area contributed by atoms with Crippen molar-refractivity contribution < 1.29 is 4.79 Å². The molecule has 1 N–H and O–H groups in total. The first-order valence-electron chi connectivity index (χ1n) is 8.85. The van der Waals surface area contributed by atoms with E-state index in [0.717, 1.165) is 36.0 Å². The number of fused-ring (bicyclic) bond motifs is 1. The first-order chi connectivity index (χ1) is 11.4. The molecular weight excluding hydrogens is 300 g/mol. The summed E-state index contributed by atoms with van der Waals surface area (Å²) in [5.74, 6) is 0.749. The summed E-state index contributed by atoms with van der Waals surface area (Å²) >= 11 is 0. The second-order valence-electron chi connectivity index (χ2n) is 7.26. The third-order valence-corrected chi connectivity index (χ3v) is 4.99. The number of aromatic amines is 1. The highest BCUT2D eigenvalue weighted by atomic mass is 16.2. The molecule has 2 heterocycles. The molecule has 128 valence electrons. The van der Waals surface area contributed by atoms with Crippen LogP contribution in [0.15, 0.2) is 23.0 Å². The Kier molecular flexibility index (Phi) is 4.74. The molecule has 0 aliphatic carbocycles. The van der Waals surface area contributed by atoms with Crippen molar-refractivity contribution in [2.75, 3.05) is 13.1 Å². The van der Waals surface area contributed by atoms with Crippen LogP contribution in [-0.4, -0.2) is 28.9 Å². The Labute approximate surface area is 142 Å². The third-order valence-electron chi connectivity index (χ3n) is 4.99. The van der Waals surface area contributed by atoms with Crippen molar-refractivity contribution in [3.05, 3.63) is 45.2 Å². The van der Waals surface area contributed by atoms with Crippen LogP contribution in [0.5, 0.6) is 0 Å². The fourth-order valence-corrected chi connectivity index (χ4v) is 3.73. The summed E-state index contributed by atoms with van der Waals surface area (Å²) in [5.41, 5.74) is 3.77. The van der Waals surface area contributed by atoms with Gasteiger partial charge in [-0.05, 0) is 62.1 Å². The number of carbonyl (C=O) groups excluding carboxylic acids is 1. The van der Waals surface area contributed by atoms with Gasteiger partial charge in [0.25, 0.3) is 5.56 Å². The summed E-state index contributed by atoms with van der Waals surface area (Å²) in [6.45, 7) is 7.96. The van der Waals surface area contributed by atoms with E-state index in [1.54, 1.807) is 0 Å². The number of nitrogens with one attached hydrogen (secondary N) is 1. The van der Waals surface area contributed by atoms with Gasteiger partial charge in [-0.1, -0.05) is 18.6 Å². The third kappa shape index (κ3) is 3.53. The summed E-state index contributed by atoms with van der Waals surface area (Å²) in [6, 6.07) is 6.09. The summed E-state index contributed by atoms with van der Waals surface area (Å²) in [5, 5.41) is 1.04. The maximum absolute atomic E-state index is 12.4. The van der Waals surface area contributed by atoms with Gasteiger partial charge in [0.05, 0.1) is 5.52 Å². The molecule has 1 amide bonds. The molecular formula is C20H26N2O2. The van der Waals surface area contributed by atoms with E-state index in [4.69, 9.17) is 0 Å². The highest BCUT2D eigenvalue weighted by Crippen LogP contribution is 2.19. The number of carbonyl (C=O) groups is 1. The Morgan fingerprint density at radius 3 is 2.83 bits per heavy atom. The minimum absolute atomic E-state index is 0.0748. The number of hydrogen-bond donors (Lipinski definition) is 1. The minimum Gasteiger partial charge on any atom is -0.342 e. The number of likely N-dealkylation sites (tertiary alicyclic amines) is 1. The lowest BCUT2D eigenvalue weighted by atomic mass is 9.99. The van der Waals surface area contributed by atoms with Crippen molar-refractivity contribution in [1.29, 1.82) is 0 Å². The van der Waals surface area contributed by atoms with E-state index in [-0.39, 0.29) is 11.5 Å². The van der Waals surface area contributed by atoms with Crippen LogP contribution in [0.25, 0.3) is 10.9 Å². The first-order valence-corrected chi connectivity index (χ1v) is 8.85. The SMILES string of the molecule is Cc1cc(C)c2[nH]c(=O)c(CCC(=O)N3CCCC(C)C3)cc2c1. The fraction of sp³-hybridized carbons (Fsp3) is 0.500. The van der Waals surface area contributed by atoms with Crippen LogP contribution in [0.2, 0.25) is 0 Å². The van der Waals surface area contributed by atoms with Gasteiger partial charge in [0, 0.05) is 25.1 Å². The van der Waals surface area contributed by atoms with E-state index < -0.39 is 0 Å². The summed E-state index contributed by atoms with van der Waals surface area (Å²) < 4.78 is 0. The lowest BCUT2D eigenvalue weighted by Crippen LogP contribution is -2.39. The van der Waals surface area contributed by atoms with Crippen LogP contribution >= 0.6 is 0 Å². The van der Waals surface area contributed by atoms with Crippen molar-refractivity contribution in [1.82, 2.24) is 9.88 Å². The zero-order valence-corrected chi connectivity index (χ0v) is 14.8. The van der Waals surface area contributed by atoms with Crippen molar-refractivity contribution in [3.63, 3.8) is 0 Å². The van der Waals surface area contributed by atoms with Gasteiger partial charge in [-0.25, -0.2) is 0 Å². The van der Waals surface area contributed by atoms with Gasteiger partial charge in [0.15, 0.2) is 0 Å². The summed E-state index contributed by atoms with van der Waals surface area (Å²) in [6.07, 6.45) is 3.20. The zero-order chi connectivity index (χ0) is 17.3. The van der Waals surface area contributed by atoms with Crippen molar-refractivity contribution in [3.8, 4) is 0 Å². The van der Waals surface area contributed by atoms with E-state index >= 15 is 0 Å². The molecule has 1 atom stereocenters. The monoisotopic (exact) mass is 326 g/mol. The van der Waals surface area contributed by atoms with Gasteiger partial charge in [-0.2, -0.15) is 0 Å². The number of piperidine rings is 1. The van der Waals surface area contributed by atoms with Gasteiger partial charge in [-0.15, -0.1) is 0 Å². The molecule has 1 unspecified atom stereocenters. The van der Waals surface area contributed by atoms with Gasteiger partial charge in [-0.3, -0.25) is 9.59 Å². The predicted octanol–water partition coefficient (Wildman–Crippen LogP) is 3.34. The molecule has 3 rings (SSSR count). The topological polar surface area (TPSA) is 53.2 Å². The maximum atomic E-state index is 12.4. The Hall–Kier alpha value is -2.10. The molecule has 1 fully saturated rings. The first kappa shape index (κ1) is 16.7. The van der Waals surface area contributed by atoms with Gasteiger partial charge < -0.3 is 9.88 Å². The number of nitrogens with zero attached hydrogens (tertiary/aromatic N) is 1. The Bertz CT molecular complexity index is 822.